The van der Waals surface area contributed by atoms with E-state index in [9.17, 15) is 9.18 Å². The molecule has 0 aliphatic heterocycles. The van der Waals surface area contributed by atoms with Crippen molar-refractivity contribution < 1.29 is 9.18 Å². The van der Waals surface area contributed by atoms with Gasteiger partial charge in [-0.2, -0.15) is 5.10 Å². The highest BCUT2D eigenvalue weighted by Gasteiger charge is 2.07. The van der Waals surface area contributed by atoms with Crippen molar-refractivity contribution in [2.24, 2.45) is 0 Å². The van der Waals surface area contributed by atoms with Gasteiger partial charge in [-0.15, -0.1) is 0 Å². The molecule has 24 heavy (non-hydrogen) atoms. The minimum absolute atomic E-state index is 0.278. The van der Waals surface area contributed by atoms with Crippen molar-refractivity contribution in [3.63, 3.8) is 0 Å². The maximum Gasteiger partial charge on any atom is 0.320 e. The molecule has 2 aromatic heterocycles. The molecule has 0 saturated carbocycles. The van der Waals surface area contributed by atoms with Crippen LogP contribution >= 0.6 is 0 Å². The number of nitrogens with zero attached hydrogens (tertiary/aromatic N) is 3. The monoisotopic (exact) mass is 327 g/mol. The molecule has 6 nitrogen and oxygen atoms in total. The summed E-state index contributed by atoms with van der Waals surface area (Å²) >= 11 is 0. The Morgan fingerprint density at radius 1 is 1.12 bits per heavy atom. The van der Waals surface area contributed by atoms with Gasteiger partial charge in [-0.3, -0.25) is 5.32 Å². The lowest BCUT2D eigenvalue weighted by atomic mass is 10.2. The number of hydrogen-bond acceptors (Lipinski definition) is 2. The zero-order chi connectivity index (χ0) is 16.8. The van der Waals surface area contributed by atoms with Gasteiger partial charge in [0.2, 0.25) is 0 Å². The average Bonchev–Trinajstić information content (AvgIpc) is 3.22. The van der Waals surface area contributed by atoms with Gasteiger partial charge in [0.15, 0.2) is 0 Å². The molecule has 0 aliphatic rings. The molecular weight excluding hydrogens is 309 g/mol. The molecular formula is C17H18FN5O. The lowest BCUT2D eigenvalue weighted by molar-refractivity contribution is 0.251. The Morgan fingerprint density at radius 2 is 1.88 bits per heavy atom. The zero-order valence-electron chi connectivity index (χ0n) is 13.0. The molecule has 1 aromatic carbocycles. The van der Waals surface area contributed by atoms with E-state index in [-0.39, 0.29) is 11.8 Å². The summed E-state index contributed by atoms with van der Waals surface area (Å²) in [4.78, 5) is 12.0. The van der Waals surface area contributed by atoms with E-state index in [2.05, 4.69) is 15.7 Å². The first-order chi connectivity index (χ1) is 11.7. The van der Waals surface area contributed by atoms with Crippen LogP contribution in [0, 0.1) is 5.82 Å². The second-order valence-corrected chi connectivity index (χ2v) is 5.30. The summed E-state index contributed by atoms with van der Waals surface area (Å²) in [6.45, 7) is 1.67. The molecule has 0 saturated heterocycles. The van der Waals surface area contributed by atoms with Gasteiger partial charge >= 0.3 is 6.03 Å². The van der Waals surface area contributed by atoms with E-state index < -0.39 is 0 Å². The molecule has 7 heteroatoms. The van der Waals surface area contributed by atoms with Crippen molar-refractivity contribution in [1.29, 1.82) is 0 Å². The van der Waals surface area contributed by atoms with E-state index in [1.54, 1.807) is 29.1 Å². The molecule has 3 aromatic rings. The molecule has 0 fully saturated rings. The van der Waals surface area contributed by atoms with E-state index in [1.807, 2.05) is 29.1 Å². The van der Waals surface area contributed by atoms with E-state index in [1.165, 1.54) is 12.1 Å². The van der Waals surface area contributed by atoms with Crippen LogP contribution < -0.4 is 10.6 Å². The molecule has 0 aliphatic carbocycles. The van der Waals surface area contributed by atoms with Crippen LogP contribution in [0.25, 0.3) is 0 Å². The molecule has 0 radical (unpaired) electrons. The number of urea groups is 1. The Morgan fingerprint density at radius 3 is 2.62 bits per heavy atom. The Balaban J connectivity index is 1.52. The van der Waals surface area contributed by atoms with E-state index in [0.29, 0.717) is 25.5 Å². The first kappa shape index (κ1) is 15.8. The van der Waals surface area contributed by atoms with Gasteiger partial charge in [0.1, 0.15) is 11.6 Å². The first-order valence-electron chi connectivity index (χ1n) is 7.62. The van der Waals surface area contributed by atoms with Crippen LogP contribution in [0.2, 0.25) is 0 Å². The Kier molecular flexibility index (Phi) is 4.90. The van der Waals surface area contributed by atoms with E-state index in [0.717, 1.165) is 5.56 Å². The standard InChI is InChI=1S/C17H18FN5O/c18-15-5-3-14(4-6-15)13-23-16(7-8-20-23)21-17(24)19-9-12-22-10-1-2-11-22/h1-8,10-11H,9,12-13H2,(H2,19,21,24). The van der Waals surface area contributed by atoms with Crippen molar-refractivity contribution in [2.45, 2.75) is 13.1 Å². The Bertz CT molecular complexity index is 780. The zero-order valence-corrected chi connectivity index (χ0v) is 13.0. The number of anilines is 1. The minimum Gasteiger partial charge on any atom is -0.353 e. The maximum atomic E-state index is 12.9. The molecule has 0 unspecified atom stereocenters. The lowest BCUT2D eigenvalue weighted by Gasteiger charge is -2.10. The number of carbonyl (C=O) groups is 1. The first-order valence-corrected chi connectivity index (χ1v) is 7.62. The second-order valence-electron chi connectivity index (χ2n) is 5.30. The molecule has 124 valence electrons. The molecule has 0 atom stereocenters. The van der Waals surface area contributed by atoms with Crippen LogP contribution in [0.5, 0.6) is 0 Å². The summed E-state index contributed by atoms with van der Waals surface area (Å²) in [5.41, 5.74) is 0.899. The quantitative estimate of drug-likeness (QED) is 0.731. The van der Waals surface area contributed by atoms with Gasteiger partial charge in [0.25, 0.3) is 0 Å². The highest BCUT2D eigenvalue weighted by molar-refractivity contribution is 5.88. The van der Waals surface area contributed by atoms with Gasteiger partial charge in [-0.05, 0) is 29.8 Å². The highest BCUT2D eigenvalue weighted by atomic mass is 19.1. The van der Waals surface area contributed by atoms with E-state index >= 15 is 0 Å². The Labute approximate surface area is 138 Å². The van der Waals surface area contributed by atoms with Crippen LogP contribution in [0.3, 0.4) is 0 Å². The summed E-state index contributed by atoms with van der Waals surface area (Å²) in [5, 5.41) is 9.75. The molecule has 2 heterocycles. The maximum absolute atomic E-state index is 12.9. The number of hydrogen-bond donors (Lipinski definition) is 2. The number of carbonyl (C=O) groups excluding carboxylic acids is 1. The SMILES string of the molecule is O=C(NCCn1cccc1)Nc1ccnn1Cc1ccc(F)cc1. The lowest BCUT2D eigenvalue weighted by Crippen LogP contribution is -2.32. The smallest absolute Gasteiger partial charge is 0.320 e. The van der Waals surface area contributed by atoms with Crippen LogP contribution in [0.1, 0.15) is 5.56 Å². The summed E-state index contributed by atoms with van der Waals surface area (Å²) in [6.07, 6.45) is 5.49. The Hall–Kier alpha value is -3.09. The van der Waals surface area contributed by atoms with Crippen molar-refractivity contribution in [3.05, 3.63) is 72.4 Å². The topological polar surface area (TPSA) is 63.9 Å². The molecule has 2 N–H and O–H groups in total. The van der Waals surface area contributed by atoms with Gasteiger partial charge in [0.05, 0.1) is 12.7 Å². The predicted molar refractivity (Wildman–Crippen MR) is 89.2 cm³/mol. The van der Waals surface area contributed by atoms with Gasteiger partial charge in [-0.1, -0.05) is 12.1 Å². The predicted octanol–water partition coefficient (Wildman–Crippen LogP) is 2.69. The van der Waals surface area contributed by atoms with Crippen LogP contribution in [0.4, 0.5) is 15.0 Å². The fourth-order valence-electron chi connectivity index (χ4n) is 2.31. The van der Waals surface area contributed by atoms with Crippen molar-refractivity contribution in [1.82, 2.24) is 19.7 Å². The summed E-state index contributed by atoms with van der Waals surface area (Å²) in [7, 11) is 0. The summed E-state index contributed by atoms with van der Waals surface area (Å²) in [6, 6.07) is 11.5. The van der Waals surface area contributed by atoms with Crippen molar-refractivity contribution in [3.8, 4) is 0 Å². The number of halogens is 1. The third kappa shape index (κ3) is 4.22. The van der Waals surface area contributed by atoms with Gasteiger partial charge < -0.3 is 9.88 Å². The third-order valence-corrected chi connectivity index (χ3v) is 3.53. The van der Waals surface area contributed by atoms with Crippen molar-refractivity contribution in [2.75, 3.05) is 11.9 Å². The third-order valence-electron chi connectivity index (χ3n) is 3.53. The number of nitrogens with one attached hydrogen (secondary N) is 2. The van der Waals surface area contributed by atoms with Crippen LogP contribution in [-0.2, 0) is 13.1 Å². The number of rotatable bonds is 6. The molecule has 0 spiro atoms. The summed E-state index contributed by atoms with van der Waals surface area (Å²) < 4.78 is 16.6. The molecule has 2 amide bonds. The van der Waals surface area contributed by atoms with Gasteiger partial charge in [-0.25, -0.2) is 13.9 Å². The molecule has 3 rings (SSSR count). The van der Waals surface area contributed by atoms with Crippen LogP contribution in [0.15, 0.2) is 61.1 Å². The van der Waals surface area contributed by atoms with Crippen LogP contribution in [-0.4, -0.2) is 26.9 Å². The number of amides is 2. The minimum atomic E-state index is -0.289. The van der Waals surface area contributed by atoms with Gasteiger partial charge in [0, 0.05) is 31.5 Å². The fourth-order valence-corrected chi connectivity index (χ4v) is 2.31. The second kappa shape index (κ2) is 7.45. The number of aromatic nitrogens is 3. The average molecular weight is 327 g/mol. The fraction of sp³-hybridized carbons (Fsp3) is 0.176. The largest absolute Gasteiger partial charge is 0.353 e. The summed E-state index contributed by atoms with van der Waals surface area (Å²) in [5.74, 6) is 0.303. The molecule has 0 bridgehead atoms. The normalized spacial score (nSPS) is 10.5. The highest BCUT2D eigenvalue weighted by Crippen LogP contribution is 2.10. The number of benzene rings is 1. The van der Waals surface area contributed by atoms with Crippen molar-refractivity contribution >= 4 is 11.8 Å². The van der Waals surface area contributed by atoms with E-state index in [4.69, 9.17) is 0 Å².